The molecule has 2 atom stereocenters. The van der Waals surface area contributed by atoms with Crippen molar-refractivity contribution in [2.75, 3.05) is 6.54 Å². The van der Waals surface area contributed by atoms with E-state index in [1.165, 1.54) is 24.2 Å². The summed E-state index contributed by atoms with van der Waals surface area (Å²) in [5, 5.41) is 5.05. The Labute approximate surface area is 114 Å². The first-order valence-electron chi connectivity index (χ1n) is 5.95. The molecule has 0 spiro atoms. The fourth-order valence-electron chi connectivity index (χ4n) is 2.35. The second-order valence-electron chi connectivity index (χ2n) is 4.49. The summed E-state index contributed by atoms with van der Waals surface area (Å²) in [6, 6.07) is 2.11. The molecule has 3 N–H and O–H groups in total. The highest BCUT2D eigenvalue weighted by Gasteiger charge is 2.25. The summed E-state index contributed by atoms with van der Waals surface area (Å²) < 4.78 is 0.965. The SMILES string of the molecule is NCC1CCCCC1NC(=O)c1cc(Br)cs1. The number of amides is 1. The van der Waals surface area contributed by atoms with Crippen LogP contribution in [0.15, 0.2) is 15.9 Å². The quantitative estimate of drug-likeness (QED) is 0.901. The number of carbonyl (C=O) groups is 1. The number of thiophene rings is 1. The maximum atomic E-state index is 12.0. The second-order valence-corrected chi connectivity index (χ2v) is 6.32. The van der Waals surface area contributed by atoms with Crippen molar-refractivity contribution in [1.82, 2.24) is 5.32 Å². The lowest BCUT2D eigenvalue weighted by atomic mass is 9.84. The van der Waals surface area contributed by atoms with Gasteiger partial charge in [-0.05, 0) is 47.3 Å². The van der Waals surface area contributed by atoms with E-state index in [0.29, 0.717) is 12.5 Å². The summed E-state index contributed by atoms with van der Waals surface area (Å²) in [4.78, 5) is 12.8. The van der Waals surface area contributed by atoms with Crippen molar-refractivity contribution in [1.29, 1.82) is 0 Å². The standard InChI is InChI=1S/C12H17BrN2OS/c13-9-5-11(17-7-9)12(16)15-10-4-2-1-3-8(10)6-14/h5,7-8,10H,1-4,6,14H2,(H,15,16). The number of rotatable bonds is 3. The third-order valence-corrected chi connectivity index (χ3v) is 5.01. The van der Waals surface area contributed by atoms with Crippen molar-refractivity contribution in [2.45, 2.75) is 31.7 Å². The zero-order chi connectivity index (χ0) is 12.3. The molecule has 0 saturated heterocycles. The molecule has 1 amide bonds. The Hall–Kier alpha value is -0.390. The van der Waals surface area contributed by atoms with Crippen LogP contribution in [0.1, 0.15) is 35.4 Å². The summed E-state index contributed by atoms with van der Waals surface area (Å²) in [6.07, 6.45) is 4.62. The van der Waals surface area contributed by atoms with Gasteiger partial charge >= 0.3 is 0 Å². The average Bonchev–Trinajstić information content (AvgIpc) is 2.77. The predicted octanol–water partition coefficient (Wildman–Crippen LogP) is 2.76. The van der Waals surface area contributed by atoms with Crippen LogP contribution >= 0.6 is 27.3 Å². The zero-order valence-corrected chi connectivity index (χ0v) is 12.0. The first-order chi connectivity index (χ1) is 8.20. The van der Waals surface area contributed by atoms with E-state index in [1.807, 2.05) is 11.4 Å². The Morgan fingerprint density at radius 2 is 2.29 bits per heavy atom. The molecule has 17 heavy (non-hydrogen) atoms. The number of halogens is 1. The minimum Gasteiger partial charge on any atom is -0.348 e. The third kappa shape index (κ3) is 3.30. The van der Waals surface area contributed by atoms with E-state index < -0.39 is 0 Å². The van der Waals surface area contributed by atoms with Crippen LogP contribution < -0.4 is 11.1 Å². The van der Waals surface area contributed by atoms with Crippen LogP contribution in [-0.2, 0) is 0 Å². The molecule has 3 nitrogen and oxygen atoms in total. The molecule has 0 aromatic carbocycles. The van der Waals surface area contributed by atoms with Gasteiger partial charge in [0.25, 0.3) is 5.91 Å². The molecular weight excluding hydrogens is 300 g/mol. The average molecular weight is 317 g/mol. The number of hydrogen-bond acceptors (Lipinski definition) is 3. The lowest BCUT2D eigenvalue weighted by Gasteiger charge is -2.31. The summed E-state index contributed by atoms with van der Waals surface area (Å²) in [5.41, 5.74) is 5.76. The van der Waals surface area contributed by atoms with Gasteiger partial charge in [-0.1, -0.05) is 12.8 Å². The molecule has 5 heteroatoms. The highest BCUT2D eigenvalue weighted by atomic mass is 79.9. The van der Waals surface area contributed by atoms with Crippen LogP contribution in [0.3, 0.4) is 0 Å². The van der Waals surface area contributed by atoms with E-state index in [2.05, 4.69) is 21.2 Å². The molecule has 1 aliphatic carbocycles. The molecule has 1 aliphatic rings. The zero-order valence-electron chi connectivity index (χ0n) is 9.62. The molecule has 1 aromatic rings. The lowest BCUT2D eigenvalue weighted by Crippen LogP contribution is -2.44. The summed E-state index contributed by atoms with van der Waals surface area (Å²) in [5.74, 6) is 0.474. The van der Waals surface area contributed by atoms with Crippen molar-refractivity contribution < 1.29 is 4.79 Å². The van der Waals surface area contributed by atoms with E-state index in [0.717, 1.165) is 22.2 Å². The summed E-state index contributed by atoms with van der Waals surface area (Å²) in [7, 11) is 0. The van der Waals surface area contributed by atoms with Crippen molar-refractivity contribution >= 4 is 33.2 Å². The van der Waals surface area contributed by atoms with E-state index in [-0.39, 0.29) is 11.9 Å². The molecule has 94 valence electrons. The topological polar surface area (TPSA) is 55.1 Å². The van der Waals surface area contributed by atoms with Gasteiger partial charge in [-0.3, -0.25) is 4.79 Å². The third-order valence-electron chi connectivity index (χ3n) is 3.32. The minimum absolute atomic E-state index is 0.0334. The molecule has 0 bridgehead atoms. The van der Waals surface area contributed by atoms with E-state index in [4.69, 9.17) is 5.73 Å². The second kappa shape index (κ2) is 5.98. The largest absolute Gasteiger partial charge is 0.348 e. The smallest absolute Gasteiger partial charge is 0.261 e. The van der Waals surface area contributed by atoms with Gasteiger partial charge in [0.15, 0.2) is 0 Å². The van der Waals surface area contributed by atoms with Crippen LogP contribution in [0.5, 0.6) is 0 Å². The monoisotopic (exact) mass is 316 g/mol. The van der Waals surface area contributed by atoms with Gasteiger partial charge < -0.3 is 11.1 Å². The Kier molecular flexibility index (Phi) is 4.59. The first kappa shape index (κ1) is 13.1. The number of nitrogens with one attached hydrogen (secondary N) is 1. The van der Waals surface area contributed by atoms with Crippen LogP contribution in [-0.4, -0.2) is 18.5 Å². The molecule has 1 heterocycles. The highest BCUT2D eigenvalue weighted by molar-refractivity contribution is 9.10. The van der Waals surface area contributed by atoms with Crippen molar-refractivity contribution in [2.24, 2.45) is 11.7 Å². The fourth-order valence-corrected chi connectivity index (χ4v) is 3.68. The summed E-state index contributed by atoms with van der Waals surface area (Å²) >= 11 is 4.83. The molecule has 1 fully saturated rings. The Balaban J connectivity index is 1.97. The Morgan fingerprint density at radius 3 is 2.94 bits per heavy atom. The van der Waals surface area contributed by atoms with Gasteiger partial charge in [-0.15, -0.1) is 11.3 Å². The van der Waals surface area contributed by atoms with Gasteiger partial charge in [0.1, 0.15) is 0 Å². The fraction of sp³-hybridized carbons (Fsp3) is 0.583. The van der Waals surface area contributed by atoms with Gasteiger partial charge in [-0.25, -0.2) is 0 Å². The van der Waals surface area contributed by atoms with Crippen molar-refractivity contribution in [3.63, 3.8) is 0 Å². The van der Waals surface area contributed by atoms with E-state index in [9.17, 15) is 4.79 Å². The molecule has 1 saturated carbocycles. The maximum absolute atomic E-state index is 12.0. The molecule has 2 unspecified atom stereocenters. The Bertz CT molecular complexity index is 394. The summed E-state index contributed by atoms with van der Waals surface area (Å²) in [6.45, 7) is 0.666. The Morgan fingerprint density at radius 1 is 1.53 bits per heavy atom. The van der Waals surface area contributed by atoms with Crippen LogP contribution in [0, 0.1) is 5.92 Å². The number of nitrogens with two attached hydrogens (primary N) is 1. The molecule has 1 aromatic heterocycles. The van der Waals surface area contributed by atoms with Crippen LogP contribution in [0.4, 0.5) is 0 Å². The predicted molar refractivity (Wildman–Crippen MR) is 74.3 cm³/mol. The molecule has 0 aliphatic heterocycles. The van der Waals surface area contributed by atoms with Gasteiger partial charge in [-0.2, -0.15) is 0 Å². The molecule has 0 radical (unpaired) electrons. The lowest BCUT2D eigenvalue weighted by molar-refractivity contribution is 0.0912. The van der Waals surface area contributed by atoms with Crippen molar-refractivity contribution in [3.8, 4) is 0 Å². The molecule has 2 rings (SSSR count). The van der Waals surface area contributed by atoms with E-state index in [1.54, 1.807) is 0 Å². The van der Waals surface area contributed by atoms with Crippen LogP contribution in [0.25, 0.3) is 0 Å². The van der Waals surface area contributed by atoms with Crippen molar-refractivity contribution in [3.05, 3.63) is 20.8 Å². The maximum Gasteiger partial charge on any atom is 0.261 e. The molecular formula is C12H17BrN2OS. The highest BCUT2D eigenvalue weighted by Crippen LogP contribution is 2.25. The van der Waals surface area contributed by atoms with Gasteiger partial charge in [0.05, 0.1) is 4.88 Å². The number of hydrogen-bond donors (Lipinski definition) is 2. The number of carbonyl (C=O) groups excluding carboxylic acids is 1. The van der Waals surface area contributed by atoms with Crippen LogP contribution in [0.2, 0.25) is 0 Å². The first-order valence-corrected chi connectivity index (χ1v) is 7.63. The van der Waals surface area contributed by atoms with Gasteiger partial charge in [0, 0.05) is 15.9 Å². The van der Waals surface area contributed by atoms with E-state index >= 15 is 0 Å². The minimum atomic E-state index is 0.0334. The normalized spacial score (nSPS) is 24.6. The van der Waals surface area contributed by atoms with Gasteiger partial charge in [0.2, 0.25) is 0 Å².